The van der Waals surface area contributed by atoms with Crippen molar-refractivity contribution >= 4 is 52.8 Å². The molecule has 1 fully saturated rings. The van der Waals surface area contributed by atoms with Gasteiger partial charge < -0.3 is 30.0 Å². The van der Waals surface area contributed by atoms with Crippen LogP contribution in [-0.4, -0.2) is 64.8 Å². The molecule has 1 aliphatic rings. The molecule has 5 rings (SSSR count). The van der Waals surface area contributed by atoms with Gasteiger partial charge in [0.15, 0.2) is 34.6 Å². The molecule has 46 heavy (non-hydrogen) atoms. The summed E-state index contributed by atoms with van der Waals surface area (Å²) in [6, 6.07) is 25.0. The summed E-state index contributed by atoms with van der Waals surface area (Å²) in [7, 11) is 0. The third-order valence-electron chi connectivity index (χ3n) is 6.80. The van der Waals surface area contributed by atoms with E-state index in [9.17, 15) is 14.4 Å². The summed E-state index contributed by atoms with van der Waals surface area (Å²) in [5.41, 5.74) is 7.12. The first kappa shape index (κ1) is 32.7. The molecular formula is C33H31ClN4O7S. The minimum absolute atomic E-state index is 0.0207. The molecule has 1 saturated heterocycles. The Morgan fingerprint density at radius 1 is 0.826 bits per heavy atom. The molecular weight excluding hydrogens is 632 g/mol. The van der Waals surface area contributed by atoms with E-state index in [2.05, 4.69) is 15.3 Å². The monoisotopic (exact) mass is 662 g/mol. The molecule has 1 aromatic heterocycles. The summed E-state index contributed by atoms with van der Waals surface area (Å²) in [5.74, 6) is -1.15. The first-order chi connectivity index (χ1) is 22.3. The van der Waals surface area contributed by atoms with Crippen molar-refractivity contribution in [1.82, 2.24) is 9.97 Å². The van der Waals surface area contributed by atoms with Gasteiger partial charge in [-0.3, -0.25) is 0 Å². The zero-order valence-corrected chi connectivity index (χ0v) is 26.3. The number of benzene rings is 3. The second kappa shape index (κ2) is 15.6. The van der Waals surface area contributed by atoms with Gasteiger partial charge in [0.1, 0.15) is 18.4 Å². The Bertz CT molecular complexity index is 1650. The highest BCUT2D eigenvalue weighted by atomic mass is 35.5. The number of thioether (sulfide) groups is 1. The van der Waals surface area contributed by atoms with Gasteiger partial charge in [-0.2, -0.15) is 0 Å². The number of nitrogens with one attached hydrogen (secondary N) is 1. The Balaban J connectivity index is 1.48. The largest absolute Gasteiger partial charge is 0.459 e. The number of carbonyl (C=O) groups excluding carboxylic acids is 3. The fourth-order valence-electron chi connectivity index (χ4n) is 4.52. The molecule has 1 aliphatic heterocycles. The third-order valence-corrected chi connectivity index (χ3v) is 8.14. The quantitative estimate of drug-likeness (QED) is 0.0633. The molecule has 3 N–H and O–H groups in total. The van der Waals surface area contributed by atoms with Gasteiger partial charge in [0.2, 0.25) is 0 Å². The highest BCUT2D eigenvalue weighted by Crippen LogP contribution is 2.33. The Morgan fingerprint density at radius 3 is 1.89 bits per heavy atom. The van der Waals surface area contributed by atoms with Crippen LogP contribution in [0.5, 0.6) is 0 Å². The zero-order chi connectivity index (χ0) is 32.5. The van der Waals surface area contributed by atoms with Crippen LogP contribution >= 0.6 is 23.4 Å². The number of nitrogens with zero attached hydrogens (tertiary/aromatic N) is 2. The minimum Gasteiger partial charge on any atom is -0.459 e. The van der Waals surface area contributed by atoms with Crippen LogP contribution in [0.4, 0.5) is 11.5 Å². The molecule has 0 unspecified atom stereocenters. The van der Waals surface area contributed by atoms with Crippen LogP contribution in [0.15, 0.2) is 96.2 Å². The van der Waals surface area contributed by atoms with E-state index < -0.39 is 42.4 Å². The maximum Gasteiger partial charge on any atom is 0.338 e. The molecule has 238 valence electrons. The van der Waals surface area contributed by atoms with Gasteiger partial charge in [0.25, 0.3) is 0 Å². The van der Waals surface area contributed by atoms with Gasteiger partial charge in [0, 0.05) is 5.75 Å². The van der Waals surface area contributed by atoms with Gasteiger partial charge >= 0.3 is 17.9 Å². The molecule has 0 amide bonds. The van der Waals surface area contributed by atoms with Crippen molar-refractivity contribution < 1.29 is 33.3 Å². The average Bonchev–Trinajstić information content (AvgIpc) is 3.40. The number of aromatic nitrogens is 2. The number of rotatable bonds is 12. The topological polar surface area (TPSA) is 152 Å². The van der Waals surface area contributed by atoms with Crippen LogP contribution in [0, 0.1) is 0 Å². The molecule has 0 spiro atoms. The molecule has 0 saturated carbocycles. The molecule has 4 atom stereocenters. The normalized spacial score (nSPS) is 18.8. The Kier molecular flexibility index (Phi) is 11.1. The highest BCUT2D eigenvalue weighted by molar-refractivity contribution is 7.99. The number of esters is 3. The van der Waals surface area contributed by atoms with Crippen molar-refractivity contribution in [1.29, 1.82) is 0 Å². The SMILES string of the molecule is CCCSc1nc(Cl)c(N)c(N[C@@H]2O[C@H](COC(=O)c3ccccc3)[C@@H](OC(=O)c3ccccc3)[C@H]2OC(=O)c2ccccc2)n1. The van der Waals surface area contributed by atoms with E-state index in [1.54, 1.807) is 91.0 Å². The second-order valence-electron chi connectivity index (χ2n) is 10.1. The van der Waals surface area contributed by atoms with Crippen molar-refractivity contribution in [3.05, 3.63) is 113 Å². The Morgan fingerprint density at radius 2 is 1.35 bits per heavy atom. The minimum atomic E-state index is -1.25. The van der Waals surface area contributed by atoms with Crippen molar-refractivity contribution in [3.63, 3.8) is 0 Å². The maximum absolute atomic E-state index is 13.3. The van der Waals surface area contributed by atoms with Gasteiger partial charge in [-0.15, -0.1) is 0 Å². The first-order valence-electron chi connectivity index (χ1n) is 14.5. The predicted molar refractivity (Wildman–Crippen MR) is 173 cm³/mol. The van der Waals surface area contributed by atoms with E-state index in [0.717, 1.165) is 12.2 Å². The van der Waals surface area contributed by atoms with E-state index in [-0.39, 0.29) is 34.4 Å². The summed E-state index contributed by atoms with van der Waals surface area (Å²) in [4.78, 5) is 48.2. The molecule has 2 heterocycles. The first-order valence-corrected chi connectivity index (χ1v) is 15.8. The summed E-state index contributed by atoms with van der Waals surface area (Å²) >= 11 is 7.72. The number of carbonyl (C=O) groups is 3. The number of ether oxygens (including phenoxy) is 4. The lowest BCUT2D eigenvalue weighted by Crippen LogP contribution is -2.43. The number of nitrogens with two attached hydrogens (primary N) is 1. The highest BCUT2D eigenvalue weighted by Gasteiger charge is 2.51. The fourth-order valence-corrected chi connectivity index (χ4v) is 5.44. The zero-order valence-electron chi connectivity index (χ0n) is 24.7. The number of hydrogen-bond acceptors (Lipinski definition) is 12. The van der Waals surface area contributed by atoms with Gasteiger partial charge in [0.05, 0.1) is 16.7 Å². The van der Waals surface area contributed by atoms with Crippen LogP contribution in [0.3, 0.4) is 0 Å². The lowest BCUT2D eigenvalue weighted by Gasteiger charge is -2.25. The van der Waals surface area contributed by atoms with Crippen molar-refractivity contribution in [3.8, 4) is 0 Å². The van der Waals surface area contributed by atoms with Crippen LogP contribution < -0.4 is 11.1 Å². The molecule has 13 heteroatoms. The average molecular weight is 663 g/mol. The standard InChI is InChI=1S/C33H31ClN4O7S/c1-2-18-46-33-36-27(34)24(35)28(38-33)37-29-26(45-32(41)22-16-10-5-11-17-22)25(44-31(40)21-14-8-4-9-15-21)23(43-29)19-42-30(39)20-12-6-3-7-13-20/h3-17,23,25-26,29H,2,18-19,35H2,1H3,(H,36,37,38)/t23-,25-,26-,29-/m1/s1. The van der Waals surface area contributed by atoms with Crippen LogP contribution in [0.25, 0.3) is 0 Å². The van der Waals surface area contributed by atoms with Gasteiger partial charge in [-0.25, -0.2) is 24.4 Å². The molecule has 11 nitrogen and oxygen atoms in total. The summed E-state index contributed by atoms with van der Waals surface area (Å²) in [5, 5.41) is 3.46. The summed E-state index contributed by atoms with van der Waals surface area (Å²) in [6.45, 7) is 1.68. The van der Waals surface area contributed by atoms with Gasteiger partial charge in [-0.1, -0.05) is 84.9 Å². The Labute approximate surface area is 274 Å². The second-order valence-corrected chi connectivity index (χ2v) is 11.5. The van der Waals surface area contributed by atoms with Crippen LogP contribution in [0.1, 0.15) is 44.4 Å². The van der Waals surface area contributed by atoms with E-state index in [1.165, 1.54) is 11.8 Å². The van der Waals surface area contributed by atoms with E-state index in [0.29, 0.717) is 10.7 Å². The van der Waals surface area contributed by atoms with Crippen molar-refractivity contribution in [2.24, 2.45) is 0 Å². The number of halogens is 1. The van der Waals surface area contributed by atoms with Gasteiger partial charge in [-0.05, 0) is 42.8 Å². The number of nitrogen functional groups attached to an aromatic ring is 1. The summed E-state index contributed by atoms with van der Waals surface area (Å²) < 4.78 is 23.7. The number of hydrogen-bond donors (Lipinski definition) is 2. The number of anilines is 2. The maximum atomic E-state index is 13.3. The molecule has 0 radical (unpaired) electrons. The molecule has 4 aromatic rings. The lowest BCUT2D eigenvalue weighted by atomic mass is 10.1. The molecule has 0 bridgehead atoms. The van der Waals surface area contributed by atoms with Crippen molar-refractivity contribution in [2.75, 3.05) is 23.4 Å². The Hall–Kier alpha value is -4.65. The van der Waals surface area contributed by atoms with Crippen molar-refractivity contribution in [2.45, 2.75) is 43.0 Å². The molecule has 3 aromatic carbocycles. The smallest absolute Gasteiger partial charge is 0.338 e. The predicted octanol–water partition coefficient (Wildman–Crippen LogP) is 5.66. The van der Waals surface area contributed by atoms with E-state index in [1.807, 2.05) is 6.92 Å². The molecule has 0 aliphatic carbocycles. The summed E-state index contributed by atoms with van der Waals surface area (Å²) in [6.07, 6.45) is -3.84. The van der Waals surface area contributed by atoms with Crippen LogP contribution in [0.2, 0.25) is 5.15 Å². The van der Waals surface area contributed by atoms with Crippen LogP contribution in [-0.2, 0) is 18.9 Å². The third kappa shape index (κ3) is 8.13. The van der Waals surface area contributed by atoms with E-state index >= 15 is 0 Å². The lowest BCUT2D eigenvalue weighted by molar-refractivity contribution is -0.0441. The van der Waals surface area contributed by atoms with E-state index in [4.69, 9.17) is 36.3 Å². The fraction of sp³-hybridized carbons (Fsp3) is 0.242.